The normalized spacial score (nSPS) is 32.3. The SMILES string of the molecule is CC(C)(O)[C@@H]1CC[C@](C)([C@@H]2CC3(CCN(C(=O)c4ccc5c(c4)CCCC5)CC3)CO2)O1. The van der Waals surface area contributed by atoms with E-state index in [0.717, 1.165) is 70.2 Å². The molecule has 1 aromatic rings. The van der Waals surface area contributed by atoms with Crippen molar-refractivity contribution >= 4 is 5.91 Å². The molecule has 1 aromatic carbocycles. The number of carbonyl (C=O) groups is 1. The molecule has 0 bridgehead atoms. The summed E-state index contributed by atoms with van der Waals surface area (Å²) in [6, 6.07) is 6.35. The lowest BCUT2D eigenvalue weighted by Gasteiger charge is -2.39. The molecule has 1 N–H and O–H groups in total. The van der Waals surface area contributed by atoms with Crippen molar-refractivity contribution in [2.75, 3.05) is 19.7 Å². The molecule has 0 aromatic heterocycles. The number of hydrogen-bond donors (Lipinski definition) is 1. The molecule has 4 aliphatic rings. The van der Waals surface area contributed by atoms with Gasteiger partial charge in [0.2, 0.25) is 0 Å². The van der Waals surface area contributed by atoms with Crippen LogP contribution in [0.15, 0.2) is 18.2 Å². The topological polar surface area (TPSA) is 59.0 Å². The lowest BCUT2D eigenvalue weighted by Crippen LogP contribution is -2.45. The molecule has 3 aliphatic heterocycles. The second kappa shape index (κ2) is 8.11. The summed E-state index contributed by atoms with van der Waals surface area (Å²) in [4.78, 5) is 15.2. The summed E-state index contributed by atoms with van der Waals surface area (Å²) in [5.74, 6) is 0.183. The van der Waals surface area contributed by atoms with Gasteiger partial charge in [-0.2, -0.15) is 0 Å². The lowest BCUT2D eigenvalue weighted by atomic mass is 9.74. The molecule has 3 saturated heterocycles. The Kier molecular flexibility index (Phi) is 5.67. The second-order valence-electron chi connectivity index (χ2n) is 11.6. The van der Waals surface area contributed by atoms with Crippen LogP contribution in [-0.2, 0) is 22.3 Å². The van der Waals surface area contributed by atoms with E-state index in [-0.39, 0.29) is 29.1 Å². The molecule has 32 heavy (non-hydrogen) atoms. The summed E-state index contributed by atoms with van der Waals surface area (Å²) in [7, 11) is 0. The summed E-state index contributed by atoms with van der Waals surface area (Å²) in [5, 5.41) is 10.4. The van der Waals surface area contributed by atoms with Crippen molar-refractivity contribution in [3.63, 3.8) is 0 Å². The molecule has 5 nitrogen and oxygen atoms in total. The Balaban J connectivity index is 1.19. The van der Waals surface area contributed by atoms with E-state index in [1.807, 2.05) is 24.8 Å². The Bertz CT molecular complexity index is 867. The van der Waals surface area contributed by atoms with Crippen LogP contribution in [0.1, 0.15) is 87.2 Å². The minimum absolute atomic E-state index is 0.0674. The maximum absolute atomic E-state index is 13.2. The average Bonchev–Trinajstić information content (AvgIpc) is 3.39. The van der Waals surface area contributed by atoms with Crippen LogP contribution < -0.4 is 0 Å². The molecule has 1 aliphatic carbocycles. The Hall–Kier alpha value is -1.43. The molecule has 176 valence electrons. The molecule has 3 atom stereocenters. The maximum Gasteiger partial charge on any atom is 0.253 e. The van der Waals surface area contributed by atoms with Gasteiger partial charge in [-0.05, 0) is 107 Å². The molecule has 5 heteroatoms. The largest absolute Gasteiger partial charge is 0.388 e. The molecule has 3 fully saturated rings. The van der Waals surface area contributed by atoms with Crippen molar-refractivity contribution in [3.8, 4) is 0 Å². The van der Waals surface area contributed by atoms with Crippen LogP contribution in [0.4, 0.5) is 0 Å². The molecule has 0 unspecified atom stereocenters. The summed E-state index contributed by atoms with van der Waals surface area (Å²) in [6.45, 7) is 8.17. The van der Waals surface area contributed by atoms with Crippen LogP contribution in [0.5, 0.6) is 0 Å². The smallest absolute Gasteiger partial charge is 0.253 e. The number of amides is 1. The number of fused-ring (bicyclic) bond motifs is 1. The molecule has 0 saturated carbocycles. The number of likely N-dealkylation sites (tertiary alicyclic amines) is 1. The van der Waals surface area contributed by atoms with Crippen LogP contribution in [0, 0.1) is 5.41 Å². The number of benzene rings is 1. The van der Waals surface area contributed by atoms with Gasteiger partial charge in [0.05, 0.1) is 30.0 Å². The molecule has 3 heterocycles. The Morgan fingerprint density at radius 1 is 1.12 bits per heavy atom. The first-order chi connectivity index (χ1) is 15.2. The minimum atomic E-state index is -0.823. The Labute approximate surface area is 192 Å². The van der Waals surface area contributed by atoms with Gasteiger partial charge in [0.1, 0.15) is 0 Å². The number of rotatable bonds is 3. The highest BCUT2D eigenvalue weighted by Crippen LogP contribution is 2.49. The van der Waals surface area contributed by atoms with Crippen molar-refractivity contribution in [2.45, 2.75) is 102 Å². The van der Waals surface area contributed by atoms with Crippen molar-refractivity contribution in [1.82, 2.24) is 4.90 Å². The first-order valence-electron chi connectivity index (χ1n) is 12.6. The predicted octanol–water partition coefficient (Wildman–Crippen LogP) is 4.29. The van der Waals surface area contributed by atoms with Gasteiger partial charge in [0.25, 0.3) is 5.91 Å². The van der Waals surface area contributed by atoms with Crippen molar-refractivity contribution in [1.29, 1.82) is 0 Å². The van der Waals surface area contributed by atoms with E-state index in [9.17, 15) is 9.90 Å². The van der Waals surface area contributed by atoms with E-state index in [0.29, 0.717) is 0 Å². The molecule has 0 radical (unpaired) electrons. The van der Waals surface area contributed by atoms with E-state index in [2.05, 4.69) is 19.1 Å². The van der Waals surface area contributed by atoms with Crippen molar-refractivity contribution < 1.29 is 19.4 Å². The number of hydrogen-bond acceptors (Lipinski definition) is 4. The molecule has 1 spiro atoms. The van der Waals surface area contributed by atoms with Gasteiger partial charge in [-0.25, -0.2) is 0 Å². The van der Waals surface area contributed by atoms with Gasteiger partial charge < -0.3 is 19.5 Å². The standard InChI is InChI=1S/C27H39NO4/c1-25(2,30)22-10-11-26(3,32-22)23-17-27(18-31-23)12-14-28(15-13-27)24(29)21-9-8-19-6-4-5-7-20(19)16-21/h8-9,16,22-23,30H,4-7,10-15,17-18H2,1-3H3/t22-,23-,26+/m0/s1. The zero-order valence-electron chi connectivity index (χ0n) is 20.0. The lowest BCUT2D eigenvalue weighted by molar-refractivity contribution is -0.155. The van der Waals surface area contributed by atoms with Crippen molar-refractivity contribution in [2.24, 2.45) is 5.41 Å². The first-order valence-corrected chi connectivity index (χ1v) is 12.6. The van der Waals surface area contributed by atoms with Gasteiger partial charge >= 0.3 is 0 Å². The van der Waals surface area contributed by atoms with Crippen LogP contribution in [-0.4, -0.2) is 59.0 Å². The summed E-state index contributed by atoms with van der Waals surface area (Å²) < 4.78 is 12.7. The minimum Gasteiger partial charge on any atom is -0.388 e. The third kappa shape index (κ3) is 4.12. The highest BCUT2D eigenvalue weighted by atomic mass is 16.6. The molecule has 5 rings (SSSR count). The van der Waals surface area contributed by atoms with Crippen LogP contribution in [0.2, 0.25) is 0 Å². The fourth-order valence-corrected chi connectivity index (χ4v) is 6.36. The Morgan fingerprint density at radius 3 is 2.53 bits per heavy atom. The van der Waals surface area contributed by atoms with E-state index >= 15 is 0 Å². The van der Waals surface area contributed by atoms with Gasteiger partial charge in [0, 0.05) is 18.7 Å². The zero-order chi connectivity index (χ0) is 22.6. The molecule has 1 amide bonds. The van der Waals surface area contributed by atoms with E-state index in [4.69, 9.17) is 9.47 Å². The first kappa shape index (κ1) is 22.4. The third-order valence-corrected chi connectivity index (χ3v) is 8.70. The molecular formula is C27H39NO4. The maximum atomic E-state index is 13.2. The fourth-order valence-electron chi connectivity index (χ4n) is 6.36. The zero-order valence-corrected chi connectivity index (χ0v) is 20.0. The molecular weight excluding hydrogens is 402 g/mol. The van der Waals surface area contributed by atoms with E-state index in [1.165, 1.54) is 24.0 Å². The van der Waals surface area contributed by atoms with E-state index in [1.54, 1.807) is 0 Å². The van der Waals surface area contributed by atoms with Crippen LogP contribution in [0.3, 0.4) is 0 Å². The summed E-state index contributed by atoms with van der Waals surface area (Å²) in [5.41, 5.74) is 2.65. The van der Waals surface area contributed by atoms with Crippen molar-refractivity contribution in [3.05, 3.63) is 34.9 Å². The number of aryl methyl sites for hydroxylation is 2. The van der Waals surface area contributed by atoms with Crippen LogP contribution >= 0.6 is 0 Å². The number of aliphatic hydroxyl groups is 1. The fraction of sp³-hybridized carbons (Fsp3) is 0.741. The van der Waals surface area contributed by atoms with Gasteiger partial charge in [0.15, 0.2) is 0 Å². The summed E-state index contributed by atoms with van der Waals surface area (Å²) in [6.07, 6.45) is 9.45. The number of ether oxygens (including phenoxy) is 2. The van der Waals surface area contributed by atoms with Gasteiger partial charge in [-0.15, -0.1) is 0 Å². The number of piperidine rings is 1. The van der Waals surface area contributed by atoms with E-state index < -0.39 is 5.60 Å². The highest BCUT2D eigenvalue weighted by molar-refractivity contribution is 5.94. The number of nitrogens with zero attached hydrogens (tertiary/aromatic N) is 1. The monoisotopic (exact) mass is 441 g/mol. The highest BCUT2D eigenvalue weighted by Gasteiger charge is 2.53. The predicted molar refractivity (Wildman–Crippen MR) is 124 cm³/mol. The van der Waals surface area contributed by atoms with Gasteiger partial charge in [-0.1, -0.05) is 6.07 Å². The van der Waals surface area contributed by atoms with Crippen LogP contribution in [0.25, 0.3) is 0 Å². The second-order valence-corrected chi connectivity index (χ2v) is 11.6. The van der Waals surface area contributed by atoms with Gasteiger partial charge in [-0.3, -0.25) is 4.79 Å². The quantitative estimate of drug-likeness (QED) is 0.760. The Morgan fingerprint density at radius 2 is 1.84 bits per heavy atom. The average molecular weight is 442 g/mol. The summed E-state index contributed by atoms with van der Waals surface area (Å²) >= 11 is 0. The number of carbonyl (C=O) groups excluding carboxylic acids is 1. The third-order valence-electron chi connectivity index (χ3n) is 8.70.